The monoisotopic (exact) mass is 264 g/mol. The molecule has 2 bridgehead atoms. The molecule has 2 rings (SSSR count). The topological polar surface area (TPSA) is 0 Å². The van der Waals surface area contributed by atoms with Gasteiger partial charge in [-0.2, -0.15) is 0 Å². The minimum Gasteiger partial charge on any atom is -0.0851 e. The first-order valence-corrected chi connectivity index (χ1v) is 5.57. The van der Waals surface area contributed by atoms with E-state index < -0.39 is 0 Å². The Hall–Kier alpha value is 0.700. The molecule has 0 amide bonds. The molecule has 0 saturated heterocycles. The van der Waals surface area contributed by atoms with Crippen molar-refractivity contribution < 1.29 is 0 Å². The molecule has 56 valence electrons. The molecule has 0 nitrogen and oxygen atoms in total. The van der Waals surface area contributed by atoms with E-state index in [0.717, 1.165) is 17.8 Å². The first-order chi connectivity index (χ1) is 4.77. The van der Waals surface area contributed by atoms with Gasteiger partial charge in [-0.1, -0.05) is 44.0 Å². The zero-order valence-electron chi connectivity index (χ0n) is 5.63. The second kappa shape index (κ2) is 2.63. The molecular weight excluding hydrogens is 256 g/mol. The van der Waals surface area contributed by atoms with E-state index in [2.05, 4.69) is 44.0 Å². The molecular formula is C8H10Br2. The minimum atomic E-state index is 0.528. The van der Waals surface area contributed by atoms with Gasteiger partial charge in [-0.05, 0) is 30.6 Å². The van der Waals surface area contributed by atoms with Gasteiger partial charge in [0.05, 0.1) is 3.74 Å². The number of halogens is 2. The Bertz CT molecular complexity index is 163. The third-order valence-electron chi connectivity index (χ3n) is 2.65. The summed E-state index contributed by atoms with van der Waals surface area (Å²) < 4.78 is 0.528. The number of allylic oxidation sites excluding steroid dienone is 2. The lowest BCUT2D eigenvalue weighted by Gasteiger charge is -2.18. The molecule has 0 heterocycles. The van der Waals surface area contributed by atoms with E-state index >= 15 is 0 Å². The standard InChI is InChI=1S/C8H10Br2/c9-8(10)7-4-5-1-2-6(7)3-5/h1-2,5-8H,3-4H2. The Balaban J connectivity index is 2.09. The molecule has 0 radical (unpaired) electrons. The highest BCUT2D eigenvalue weighted by atomic mass is 79.9. The summed E-state index contributed by atoms with van der Waals surface area (Å²) in [5.41, 5.74) is 0. The van der Waals surface area contributed by atoms with Crippen molar-refractivity contribution in [3.63, 3.8) is 0 Å². The van der Waals surface area contributed by atoms with Gasteiger partial charge in [0.1, 0.15) is 0 Å². The van der Waals surface area contributed by atoms with E-state index in [1.165, 1.54) is 12.8 Å². The molecule has 2 aliphatic carbocycles. The molecule has 2 heteroatoms. The fourth-order valence-corrected chi connectivity index (χ4v) is 3.33. The Kier molecular flexibility index (Phi) is 1.94. The molecule has 0 aromatic heterocycles. The fraction of sp³-hybridized carbons (Fsp3) is 0.750. The lowest BCUT2D eigenvalue weighted by molar-refractivity contribution is 0.492. The van der Waals surface area contributed by atoms with E-state index in [-0.39, 0.29) is 0 Å². The second-order valence-electron chi connectivity index (χ2n) is 3.28. The lowest BCUT2D eigenvalue weighted by atomic mass is 9.96. The van der Waals surface area contributed by atoms with Crippen molar-refractivity contribution in [3.8, 4) is 0 Å². The van der Waals surface area contributed by atoms with Gasteiger partial charge in [0.15, 0.2) is 0 Å². The van der Waals surface area contributed by atoms with Gasteiger partial charge in [-0.15, -0.1) is 0 Å². The molecule has 0 aromatic rings. The zero-order valence-corrected chi connectivity index (χ0v) is 8.81. The van der Waals surface area contributed by atoms with Gasteiger partial charge in [-0.3, -0.25) is 0 Å². The lowest BCUT2D eigenvalue weighted by Crippen LogP contribution is -2.13. The van der Waals surface area contributed by atoms with Gasteiger partial charge >= 0.3 is 0 Å². The van der Waals surface area contributed by atoms with Crippen LogP contribution in [0.4, 0.5) is 0 Å². The largest absolute Gasteiger partial charge is 0.0851 e. The summed E-state index contributed by atoms with van der Waals surface area (Å²) in [5.74, 6) is 2.59. The Labute approximate surface area is 78.3 Å². The summed E-state index contributed by atoms with van der Waals surface area (Å²) >= 11 is 7.17. The SMILES string of the molecule is BrC(Br)C1CC2C=CC1C2. The Morgan fingerprint density at radius 1 is 1.20 bits per heavy atom. The average Bonchev–Trinajstić information content (AvgIpc) is 2.44. The van der Waals surface area contributed by atoms with Gasteiger partial charge in [0.2, 0.25) is 0 Å². The van der Waals surface area contributed by atoms with Crippen LogP contribution in [0.3, 0.4) is 0 Å². The van der Waals surface area contributed by atoms with Crippen LogP contribution in [-0.4, -0.2) is 3.74 Å². The molecule has 10 heavy (non-hydrogen) atoms. The van der Waals surface area contributed by atoms with Crippen LogP contribution in [0.25, 0.3) is 0 Å². The highest BCUT2D eigenvalue weighted by Gasteiger charge is 2.38. The van der Waals surface area contributed by atoms with Crippen molar-refractivity contribution in [1.82, 2.24) is 0 Å². The molecule has 1 fully saturated rings. The summed E-state index contributed by atoms with van der Waals surface area (Å²) in [6.07, 6.45) is 7.54. The molecule has 0 N–H and O–H groups in total. The predicted molar refractivity (Wildman–Crippen MR) is 50.5 cm³/mol. The first kappa shape index (κ1) is 7.35. The van der Waals surface area contributed by atoms with Crippen molar-refractivity contribution in [2.24, 2.45) is 17.8 Å². The van der Waals surface area contributed by atoms with Crippen LogP contribution < -0.4 is 0 Å². The van der Waals surface area contributed by atoms with Crippen LogP contribution in [0.2, 0.25) is 0 Å². The highest BCUT2D eigenvalue weighted by molar-refractivity contribution is 9.24. The summed E-state index contributed by atoms with van der Waals surface area (Å²) in [6.45, 7) is 0. The molecule has 3 unspecified atom stereocenters. The van der Waals surface area contributed by atoms with Crippen molar-refractivity contribution >= 4 is 31.9 Å². The molecule has 1 saturated carbocycles. The van der Waals surface area contributed by atoms with Crippen molar-refractivity contribution in [3.05, 3.63) is 12.2 Å². The summed E-state index contributed by atoms with van der Waals surface area (Å²) in [6, 6.07) is 0. The maximum atomic E-state index is 3.59. The molecule has 3 atom stereocenters. The third kappa shape index (κ3) is 1.10. The van der Waals surface area contributed by atoms with Gasteiger partial charge in [0, 0.05) is 0 Å². The van der Waals surface area contributed by atoms with Gasteiger partial charge < -0.3 is 0 Å². The summed E-state index contributed by atoms with van der Waals surface area (Å²) in [4.78, 5) is 0. The fourth-order valence-electron chi connectivity index (χ4n) is 2.11. The molecule has 0 aliphatic heterocycles. The maximum Gasteiger partial charge on any atom is 0.0731 e. The number of hydrogen-bond acceptors (Lipinski definition) is 0. The van der Waals surface area contributed by atoms with E-state index in [4.69, 9.17) is 0 Å². The van der Waals surface area contributed by atoms with Crippen molar-refractivity contribution in [1.29, 1.82) is 0 Å². The zero-order chi connectivity index (χ0) is 7.14. The van der Waals surface area contributed by atoms with Gasteiger partial charge in [0.25, 0.3) is 0 Å². The number of rotatable bonds is 1. The third-order valence-corrected chi connectivity index (χ3v) is 4.01. The minimum absolute atomic E-state index is 0.528. The molecule has 0 spiro atoms. The smallest absolute Gasteiger partial charge is 0.0731 e. The van der Waals surface area contributed by atoms with Crippen LogP contribution in [0.1, 0.15) is 12.8 Å². The second-order valence-corrected chi connectivity index (χ2v) is 6.48. The van der Waals surface area contributed by atoms with Crippen LogP contribution in [0, 0.1) is 17.8 Å². The van der Waals surface area contributed by atoms with E-state index in [0.29, 0.717) is 3.74 Å². The van der Waals surface area contributed by atoms with E-state index in [1.54, 1.807) is 0 Å². The normalized spacial score (nSPS) is 43.7. The Morgan fingerprint density at radius 2 is 2.00 bits per heavy atom. The maximum absolute atomic E-state index is 3.59. The quantitative estimate of drug-likeness (QED) is 0.504. The van der Waals surface area contributed by atoms with Crippen LogP contribution in [0.15, 0.2) is 12.2 Å². The van der Waals surface area contributed by atoms with Crippen molar-refractivity contribution in [2.75, 3.05) is 0 Å². The summed E-state index contributed by atoms with van der Waals surface area (Å²) in [5, 5.41) is 0. The van der Waals surface area contributed by atoms with Crippen LogP contribution >= 0.6 is 31.9 Å². The highest BCUT2D eigenvalue weighted by Crippen LogP contribution is 2.47. The van der Waals surface area contributed by atoms with Gasteiger partial charge in [-0.25, -0.2) is 0 Å². The van der Waals surface area contributed by atoms with E-state index in [1.807, 2.05) is 0 Å². The predicted octanol–water partition coefficient (Wildman–Crippen LogP) is 3.31. The van der Waals surface area contributed by atoms with E-state index in [9.17, 15) is 0 Å². The number of fused-ring (bicyclic) bond motifs is 2. The van der Waals surface area contributed by atoms with Crippen LogP contribution in [0.5, 0.6) is 0 Å². The van der Waals surface area contributed by atoms with Crippen LogP contribution in [-0.2, 0) is 0 Å². The number of alkyl halides is 2. The average molecular weight is 266 g/mol. The van der Waals surface area contributed by atoms with Crippen molar-refractivity contribution in [2.45, 2.75) is 16.6 Å². The molecule has 0 aromatic carbocycles. The summed E-state index contributed by atoms with van der Waals surface area (Å²) in [7, 11) is 0. The first-order valence-electron chi connectivity index (χ1n) is 3.74. The number of hydrogen-bond donors (Lipinski definition) is 0. The molecule has 2 aliphatic rings. The Morgan fingerprint density at radius 3 is 2.30 bits per heavy atom.